The van der Waals surface area contributed by atoms with Crippen LogP contribution in [0.3, 0.4) is 0 Å². The molecule has 3 aromatic rings. The number of benzene rings is 2. The first kappa shape index (κ1) is 20.2. The van der Waals surface area contributed by atoms with Crippen molar-refractivity contribution in [3.63, 3.8) is 0 Å². The number of fused-ring (bicyclic) bond motifs is 1. The zero-order valence-electron chi connectivity index (χ0n) is 15.0. The summed E-state index contributed by atoms with van der Waals surface area (Å²) in [7, 11) is 0. The zero-order valence-corrected chi connectivity index (χ0v) is 17.3. The van der Waals surface area contributed by atoms with Gasteiger partial charge >= 0.3 is 0 Å². The normalized spacial score (nSPS) is 15.2. The Morgan fingerprint density at radius 1 is 1.17 bits per heavy atom. The third-order valence-electron chi connectivity index (χ3n) is 4.45. The molecule has 0 atom stereocenters. The fourth-order valence-corrected chi connectivity index (χ4v) is 4.36. The quantitative estimate of drug-likeness (QED) is 0.502. The first-order chi connectivity index (χ1) is 14.4. The third-order valence-corrected chi connectivity index (χ3v) is 5.85. The molecular weight excluding hydrogens is 447 g/mol. The standard InChI is InChI=1S/C21H10Cl2N2O4S/c22-14-6-15-18(26)13(10-29-19(15)16(23)7-14)5-17-20(27)25(21(28)30-17)9-12-4-2-1-3-11(12)8-24/h1-7,10H,9H2/b17-5-. The molecule has 148 valence electrons. The highest BCUT2D eigenvalue weighted by atomic mass is 35.5. The van der Waals surface area contributed by atoms with Gasteiger partial charge in [0.15, 0.2) is 11.0 Å². The number of imide groups is 1. The molecule has 0 N–H and O–H groups in total. The van der Waals surface area contributed by atoms with E-state index in [1.165, 1.54) is 24.5 Å². The summed E-state index contributed by atoms with van der Waals surface area (Å²) in [6.07, 6.45) is 2.49. The summed E-state index contributed by atoms with van der Waals surface area (Å²) < 4.78 is 5.44. The Labute approximate surface area is 184 Å². The van der Waals surface area contributed by atoms with Crippen LogP contribution in [0, 0.1) is 11.3 Å². The van der Waals surface area contributed by atoms with Crippen LogP contribution in [0.2, 0.25) is 10.0 Å². The maximum absolute atomic E-state index is 12.8. The van der Waals surface area contributed by atoms with Crippen LogP contribution < -0.4 is 5.43 Å². The molecule has 2 aromatic carbocycles. The number of hydrogen-bond acceptors (Lipinski definition) is 6. The highest BCUT2D eigenvalue weighted by Gasteiger charge is 2.35. The van der Waals surface area contributed by atoms with Gasteiger partial charge in [-0.05, 0) is 41.6 Å². The average molecular weight is 457 g/mol. The summed E-state index contributed by atoms with van der Waals surface area (Å²) in [5.41, 5.74) is 0.776. The summed E-state index contributed by atoms with van der Waals surface area (Å²) in [5.74, 6) is -0.554. The monoisotopic (exact) mass is 456 g/mol. The van der Waals surface area contributed by atoms with Crippen LogP contribution in [0.1, 0.15) is 16.7 Å². The van der Waals surface area contributed by atoms with E-state index in [9.17, 15) is 19.6 Å². The van der Waals surface area contributed by atoms with Crippen LogP contribution in [-0.4, -0.2) is 16.0 Å². The molecule has 4 rings (SSSR count). The lowest BCUT2D eigenvalue weighted by atomic mass is 10.1. The molecule has 0 saturated carbocycles. The number of carbonyl (C=O) groups is 2. The van der Waals surface area contributed by atoms with E-state index >= 15 is 0 Å². The van der Waals surface area contributed by atoms with Gasteiger partial charge in [-0.2, -0.15) is 5.26 Å². The van der Waals surface area contributed by atoms with Crippen molar-refractivity contribution in [2.24, 2.45) is 0 Å². The molecule has 9 heteroatoms. The molecule has 0 spiro atoms. The Hall–Kier alpha value is -3.05. The summed E-state index contributed by atoms with van der Waals surface area (Å²) in [4.78, 5) is 39.0. The maximum atomic E-state index is 12.8. The average Bonchev–Trinajstić information content (AvgIpc) is 2.98. The topological polar surface area (TPSA) is 91.4 Å². The summed E-state index contributed by atoms with van der Waals surface area (Å²) >= 11 is 12.7. The summed E-state index contributed by atoms with van der Waals surface area (Å²) in [6, 6.07) is 11.6. The highest BCUT2D eigenvalue weighted by molar-refractivity contribution is 8.18. The predicted octanol–water partition coefficient (Wildman–Crippen LogP) is 5.21. The highest BCUT2D eigenvalue weighted by Crippen LogP contribution is 2.34. The van der Waals surface area contributed by atoms with Gasteiger partial charge in [-0.25, -0.2) is 0 Å². The molecule has 0 aliphatic carbocycles. The molecule has 6 nitrogen and oxygen atoms in total. The van der Waals surface area contributed by atoms with E-state index in [1.54, 1.807) is 24.3 Å². The van der Waals surface area contributed by atoms with Crippen LogP contribution >= 0.6 is 35.0 Å². The Kier molecular flexibility index (Phi) is 5.39. The van der Waals surface area contributed by atoms with Crippen LogP contribution in [0.15, 0.2) is 56.8 Å². The molecule has 30 heavy (non-hydrogen) atoms. The number of nitriles is 1. The fourth-order valence-electron chi connectivity index (χ4n) is 2.99. The van der Waals surface area contributed by atoms with Crippen molar-refractivity contribution in [3.8, 4) is 6.07 Å². The fraction of sp³-hybridized carbons (Fsp3) is 0.0476. The van der Waals surface area contributed by atoms with Crippen molar-refractivity contribution in [2.75, 3.05) is 0 Å². The van der Waals surface area contributed by atoms with Gasteiger partial charge in [0.2, 0.25) is 0 Å². The van der Waals surface area contributed by atoms with E-state index in [-0.39, 0.29) is 38.0 Å². The van der Waals surface area contributed by atoms with Crippen molar-refractivity contribution < 1.29 is 14.0 Å². The van der Waals surface area contributed by atoms with Crippen molar-refractivity contribution in [1.82, 2.24) is 4.90 Å². The molecule has 2 heterocycles. The van der Waals surface area contributed by atoms with E-state index in [2.05, 4.69) is 0 Å². The van der Waals surface area contributed by atoms with Crippen molar-refractivity contribution in [2.45, 2.75) is 6.54 Å². The third kappa shape index (κ3) is 3.61. The Morgan fingerprint density at radius 2 is 1.93 bits per heavy atom. The largest absolute Gasteiger partial charge is 0.462 e. The van der Waals surface area contributed by atoms with Crippen molar-refractivity contribution in [3.05, 3.63) is 84.5 Å². The molecule has 0 unspecified atom stereocenters. The van der Waals surface area contributed by atoms with Crippen molar-refractivity contribution in [1.29, 1.82) is 5.26 Å². The van der Waals surface area contributed by atoms with Gasteiger partial charge in [0.1, 0.15) is 6.26 Å². The summed E-state index contributed by atoms with van der Waals surface area (Å²) in [6.45, 7) is -0.0384. The molecule has 1 aliphatic rings. The van der Waals surface area contributed by atoms with E-state index in [0.717, 1.165) is 4.90 Å². The zero-order chi connectivity index (χ0) is 21.4. The second-order valence-corrected chi connectivity index (χ2v) is 8.16. The smallest absolute Gasteiger partial charge is 0.293 e. The van der Waals surface area contributed by atoms with Gasteiger partial charge in [0, 0.05) is 5.02 Å². The number of carbonyl (C=O) groups excluding carboxylic acids is 2. The van der Waals surface area contributed by atoms with E-state index < -0.39 is 16.6 Å². The molecule has 0 bridgehead atoms. The molecule has 1 aliphatic heterocycles. The Morgan fingerprint density at radius 3 is 2.70 bits per heavy atom. The van der Waals surface area contributed by atoms with Crippen LogP contribution in [0.4, 0.5) is 4.79 Å². The van der Waals surface area contributed by atoms with E-state index in [1.807, 2.05) is 6.07 Å². The molecule has 0 radical (unpaired) electrons. The van der Waals surface area contributed by atoms with Gasteiger partial charge in [-0.3, -0.25) is 19.3 Å². The summed E-state index contributed by atoms with van der Waals surface area (Å²) in [5, 5.41) is 9.35. The maximum Gasteiger partial charge on any atom is 0.293 e. The number of hydrogen-bond donors (Lipinski definition) is 0. The number of amides is 2. The first-order valence-corrected chi connectivity index (χ1v) is 10.1. The van der Waals surface area contributed by atoms with Crippen LogP contribution in [0.25, 0.3) is 17.0 Å². The van der Waals surface area contributed by atoms with Crippen LogP contribution in [-0.2, 0) is 11.3 Å². The van der Waals surface area contributed by atoms with Gasteiger partial charge in [0.25, 0.3) is 11.1 Å². The van der Waals surface area contributed by atoms with Gasteiger partial charge in [-0.1, -0.05) is 41.4 Å². The molecule has 2 amide bonds. The van der Waals surface area contributed by atoms with E-state index in [4.69, 9.17) is 27.6 Å². The van der Waals surface area contributed by atoms with Gasteiger partial charge < -0.3 is 4.42 Å². The lowest BCUT2D eigenvalue weighted by molar-refractivity contribution is -0.123. The molecular formula is C21H10Cl2N2O4S. The first-order valence-electron chi connectivity index (χ1n) is 8.53. The predicted molar refractivity (Wildman–Crippen MR) is 115 cm³/mol. The SMILES string of the molecule is N#Cc1ccccc1CN1C(=O)S/C(=C\c2coc3c(Cl)cc(Cl)cc3c2=O)C1=O. The van der Waals surface area contributed by atoms with Crippen LogP contribution in [0.5, 0.6) is 0 Å². The molecule has 1 aromatic heterocycles. The number of halogens is 2. The number of thioether (sulfide) groups is 1. The Balaban J connectivity index is 1.70. The lowest BCUT2D eigenvalue weighted by Gasteiger charge is -2.13. The number of rotatable bonds is 3. The minimum Gasteiger partial charge on any atom is -0.462 e. The number of nitrogens with zero attached hydrogens (tertiary/aromatic N) is 2. The van der Waals surface area contributed by atoms with Crippen molar-refractivity contribution >= 4 is 63.2 Å². The van der Waals surface area contributed by atoms with E-state index in [0.29, 0.717) is 22.9 Å². The minimum atomic E-state index is -0.554. The molecule has 1 saturated heterocycles. The van der Waals surface area contributed by atoms with Gasteiger partial charge in [0.05, 0.1) is 39.1 Å². The second-order valence-electron chi connectivity index (χ2n) is 6.32. The van der Waals surface area contributed by atoms with Gasteiger partial charge in [-0.15, -0.1) is 0 Å². The lowest BCUT2D eigenvalue weighted by Crippen LogP contribution is -2.27. The minimum absolute atomic E-state index is 0.0384. The second kappa shape index (κ2) is 8.00. The Bertz CT molecular complexity index is 1360. The molecule has 1 fully saturated rings.